The highest BCUT2D eigenvalue weighted by molar-refractivity contribution is 7.98. The Hall–Kier alpha value is -1.49. The van der Waals surface area contributed by atoms with Crippen LogP contribution in [0.4, 0.5) is 5.69 Å². The number of benzene rings is 1. The number of carboxylic acids is 1. The van der Waals surface area contributed by atoms with Crippen LogP contribution in [0.25, 0.3) is 0 Å². The van der Waals surface area contributed by atoms with Crippen molar-refractivity contribution in [2.75, 3.05) is 17.3 Å². The van der Waals surface area contributed by atoms with Crippen molar-refractivity contribution < 1.29 is 14.7 Å². The molecule has 1 aromatic carbocycles. The van der Waals surface area contributed by atoms with Gasteiger partial charge < -0.3 is 10.4 Å². The first-order valence-electron chi connectivity index (χ1n) is 5.59. The smallest absolute Gasteiger partial charge is 0.335 e. The fraction of sp³-hybridized carbons (Fsp3) is 0.385. The molecule has 1 aromatic rings. The SMILES string of the molecule is CSCC(C)C(=O)Nc1ccc(C(=O)O)c(C)c1. The number of carboxylic acid groups (broad SMARTS) is 1. The van der Waals surface area contributed by atoms with E-state index in [0.29, 0.717) is 11.3 Å². The van der Waals surface area contributed by atoms with Gasteiger partial charge in [0.25, 0.3) is 0 Å². The van der Waals surface area contributed by atoms with Crippen molar-refractivity contribution in [3.05, 3.63) is 29.3 Å². The summed E-state index contributed by atoms with van der Waals surface area (Å²) < 4.78 is 0. The Kier molecular flexibility index (Phi) is 5.22. The normalized spacial score (nSPS) is 11.9. The first kappa shape index (κ1) is 14.6. The molecule has 98 valence electrons. The molecule has 0 fully saturated rings. The molecular formula is C13H17NO3S. The van der Waals surface area contributed by atoms with E-state index in [-0.39, 0.29) is 17.4 Å². The van der Waals surface area contributed by atoms with Gasteiger partial charge in [-0.05, 0) is 36.9 Å². The minimum atomic E-state index is -0.957. The van der Waals surface area contributed by atoms with Crippen LogP contribution in [-0.2, 0) is 4.79 Å². The second kappa shape index (κ2) is 6.44. The molecule has 0 spiro atoms. The first-order valence-corrected chi connectivity index (χ1v) is 6.98. The Morgan fingerprint density at radius 3 is 2.61 bits per heavy atom. The van der Waals surface area contributed by atoms with Gasteiger partial charge in [-0.15, -0.1) is 0 Å². The number of thioether (sulfide) groups is 1. The summed E-state index contributed by atoms with van der Waals surface area (Å²) in [5.74, 6) is -0.315. The zero-order valence-corrected chi connectivity index (χ0v) is 11.5. The molecule has 0 aliphatic carbocycles. The monoisotopic (exact) mass is 267 g/mol. The topological polar surface area (TPSA) is 66.4 Å². The average molecular weight is 267 g/mol. The first-order chi connectivity index (χ1) is 8.45. The van der Waals surface area contributed by atoms with Crippen LogP contribution in [0.1, 0.15) is 22.8 Å². The number of anilines is 1. The van der Waals surface area contributed by atoms with E-state index < -0.39 is 5.97 Å². The third kappa shape index (κ3) is 3.77. The summed E-state index contributed by atoms with van der Waals surface area (Å²) in [5, 5.41) is 11.7. The fourth-order valence-corrected chi connectivity index (χ4v) is 2.22. The van der Waals surface area contributed by atoms with E-state index in [2.05, 4.69) is 5.32 Å². The Morgan fingerprint density at radius 2 is 2.11 bits per heavy atom. The minimum absolute atomic E-state index is 0.0492. The highest BCUT2D eigenvalue weighted by Gasteiger charge is 2.13. The van der Waals surface area contributed by atoms with E-state index in [0.717, 1.165) is 5.75 Å². The van der Waals surface area contributed by atoms with Crippen LogP contribution in [0.3, 0.4) is 0 Å². The van der Waals surface area contributed by atoms with E-state index in [1.807, 2.05) is 13.2 Å². The van der Waals surface area contributed by atoms with E-state index in [9.17, 15) is 9.59 Å². The molecule has 0 saturated heterocycles. The largest absolute Gasteiger partial charge is 0.478 e. The molecule has 18 heavy (non-hydrogen) atoms. The number of rotatable bonds is 5. The van der Waals surface area contributed by atoms with Gasteiger partial charge in [0.05, 0.1) is 5.56 Å². The number of carbonyl (C=O) groups is 2. The number of hydrogen-bond acceptors (Lipinski definition) is 3. The Morgan fingerprint density at radius 1 is 1.44 bits per heavy atom. The molecule has 2 N–H and O–H groups in total. The van der Waals surface area contributed by atoms with Crippen molar-refractivity contribution in [2.45, 2.75) is 13.8 Å². The van der Waals surface area contributed by atoms with Crippen LogP contribution in [0, 0.1) is 12.8 Å². The number of aromatic carboxylic acids is 1. The number of aryl methyl sites for hydroxylation is 1. The van der Waals surface area contributed by atoms with E-state index >= 15 is 0 Å². The highest BCUT2D eigenvalue weighted by atomic mass is 32.2. The summed E-state index contributed by atoms with van der Waals surface area (Å²) in [7, 11) is 0. The van der Waals surface area contributed by atoms with Crippen LogP contribution in [0.5, 0.6) is 0 Å². The average Bonchev–Trinajstić information content (AvgIpc) is 2.28. The molecule has 1 amide bonds. The maximum Gasteiger partial charge on any atom is 0.335 e. The van der Waals surface area contributed by atoms with Gasteiger partial charge in [-0.2, -0.15) is 11.8 Å². The van der Waals surface area contributed by atoms with Crippen molar-refractivity contribution in [3.63, 3.8) is 0 Å². The summed E-state index contributed by atoms with van der Waals surface area (Å²) in [6.07, 6.45) is 1.95. The molecule has 5 heteroatoms. The maximum atomic E-state index is 11.8. The molecule has 0 aliphatic rings. The lowest BCUT2D eigenvalue weighted by Crippen LogP contribution is -2.22. The van der Waals surface area contributed by atoms with Gasteiger partial charge in [0.2, 0.25) is 5.91 Å². The van der Waals surface area contributed by atoms with Crippen molar-refractivity contribution in [1.29, 1.82) is 0 Å². The van der Waals surface area contributed by atoms with Gasteiger partial charge in [-0.1, -0.05) is 6.92 Å². The van der Waals surface area contributed by atoms with Crippen LogP contribution in [-0.4, -0.2) is 29.0 Å². The summed E-state index contributed by atoms with van der Waals surface area (Å²) >= 11 is 1.62. The quantitative estimate of drug-likeness (QED) is 0.860. The zero-order chi connectivity index (χ0) is 13.7. The molecule has 4 nitrogen and oxygen atoms in total. The van der Waals surface area contributed by atoms with E-state index in [4.69, 9.17) is 5.11 Å². The number of nitrogens with one attached hydrogen (secondary N) is 1. The molecule has 1 atom stereocenters. The van der Waals surface area contributed by atoms with Crippen LogP contribution in [0.15, 0.2) is 18.2 Å². The Balaban J connectivity index is 2.77. The van der Waals surface area contributed by atoms with Crippen LogP contribution >= 0.6 is 11.8 Å². The standard InChI is InChI=1S/C13H17NO3S/c1-8-6-10(4-5-11(8)13(16)17)14-12(15)9(2)7-18-3/h4-6,9H,7H2,1-3H3,(H,14,15)(H,16,17). The Bertz CT molecular complexity index is 460. The van der Waals surface area contributed by atoms with Gasteiger partial charge in [0.15, 0.2) is 0 Å². The molecule has 0 bridgehead atoms. The lowest BCUT2D eigenvalue weighted by molar-refractivity contribution is -0.118. The molecular weight excluding hydrogens is 250 g/mol. The van der Waals surface area contributed by atoms with Crippen LogP contribution in [0.2, 0.25) is 0 Å². The van der Waals surface area contributed by atoms with Gasteiger partial charge in [-0.3, -0.25) is 4.79 Å². The van der Waals surface area contributed by atoms with Crippen molar-refractivity contribution in [2.24, 2.45) is 5.92 Å². The predicted molar refractivity (Wildman–Crippen MR) is 74.3 cm³/mol. The van der Waals surface area contributed by atoms with Gasteiger partial charge in [0, 0.05) is 17.4 Å². The number of carbonyl (C=O) groups excluding carboxylic acids is 1. The molecule has 0 aliphatic heterocycles. The molecule has 1 unspecified atom stereocenters. The predicted octanol–water partition coefficient (Wildman–Crippen LogP) is 2.63. The minimum Gasteiger partial charge on any atom is -0.478 e. The summed E-state index contributed by atoms with van der Waals surface area (Å²) in [6, 6.07) is 4.79. The second-order valence-corrected chi connectivity index (χ2v) is 5.09. The third-order valence-electron chi connectivity index (χ3n) is 2.59. The second-order valence-electron chi connectivity index (χ2n) is 4.18. The van der Waals surface area contributed by atoms with Gasteiger partial charge >= 0.3 is 5.97 Å². The van der Waals surface area contributed by atoms with Gasteiger partial charge in [0.1, 0.15) is 0 Å². The number of hydrogen-bond donors (Lipinski definition) is 2. The van der Waals surface area contributed by atoms with Crippen molar-refractivity contribution in [3.8, 4) is 0 Å². The highest BCUT2D eigenvalue weighted by Crippen LogP contribution is 2.16. The van der Waals surface area contributed by atoms with E-state index in [1.165, 1.54) is 6.07 Å². The fourth-order valence-electron chi connectivity index (χ4n) is 1.57. The maximum absolute atomic E-state index is 11.8. The lowest BCUT2D eigenvalue weighted by atomic mass is 10.1. The summed E-state index contributed by atoms with van der Waals surface area (Å²) in [4.78, 5) is 22.7. The molecule has 1 rings (SSSR count). The van der Waals surface area contributed by atoms with Crippen molar-refractivity contribution in [1.82, 2.24) is 0 Å². The molecule has 0 heterocycles. The summed E-state index contributed by atoms with van der Waals surface area (Å²) in [6.45, 7) is 3.58. The third-order valence-corrected chi connectivity index (χ3v) is 3.42. The lowest BCUT2D eigenvalue weighted by Gasteiger charge is -2.12. The zero-order valence-electron chi connectivity index (χ0n) is 10.7. The number of amides is 1. The molecule has 0 radical (unpaired) electrons. The van der Waals surface area contributed by atoms with E-state index in [1.54, 1.807) is 30.8 Å². The molecule has 0 saturated carbocycles. The van der Waals surface area contributed by atoms with Gasteiger partial charge in [-0.25, -0.2) is 4.79 Å². The van der Waals surface area contributed by atoms with Crippen molar-refractivity contribution >= 4 is 29.3 Å². The van der Waals surface area contributed by atoms with Crippen LogP contribution < -0.4 is 5.32 Å². The molecule has 0 aromatic heterocycles. The summed E-state index contributed by atoms with van der Waals surface area (Å²) in [5.41, 5.74) is 1.53. The Labute approximate surface area is 111 Å².